The highest BCUT2D eigenvalue weighted by Crippen LogP contribution is 2.17. The maximum absolute atomic E-state index is 12.3. The first-order valence-electron chi connectivity index (χ1n) is 6.72. The number of nitrogens with zero attached hydrogens (tertiary/aromatic N) is 4. The monoisotopic (exact) mass is 296 g/mol. The molecule has 0 saturated heterocycles. The number of aryl methyl sites for hydroxylation is 1. The average Bonchev–Trinajstić information content (AvgIpc) is 3.00. The molecule has 0 N–H and O–H groups in total. The SMILES string of the molecule is CCC(CC)n1ccc(CS(=O)(=O)c2nccn2C)n1. The summed E-state index contributed by atoms with van der Waals surface area (Å²) < 4.78 is 27.9. The molecule has 110 valence electrons. The van der Waals surface area contributed by atoms with Crippen LogP contribution in [0.3, 0.4) is 0 Å². The molecule has 7 heteroatoms. The molecule has 0 aliphatic carbocycles. The van der Waals surface area contributed by atoms with Crippen LogP contribution in [0.2, 0.25) is 0 Å². The molecule has 20 heavy (non-hydrogen) atoms. The quantitative estimate of drug-likeness (QED) is 0.817. The van der Waals surface area contributed by atoms with Crippen LogP contribution >= 0.6 is 0 Å². The molecule has 0 bridgehead atoms. The Bertz CT molecular complexity index is 668. The van der Waals surface area contributed by atoms with Crippen molar-refractivity contribution in [3.63, 3.8) is 0 Å². The van der Waals surface area contributed by atoms with E-state index in [1.165, 1.54) is 10.8 Å². The molecule has 0 unspecified atom stereocenters. The van der Waals surface area contributed by atoms with E-state index in [-0.39, 0.29) is 10.9 Å². The molecule has 0 radical (unpaired) electrons. The van der Waals surface area contributed by atoms with Gasteiger partial charge in [0.25, 0.3) is 0 Å². The van der Waals surface area contributed by atoms with E-state index in [0.29, 0.717) is 11.7 Å². The Morgan fingerprint density at radius 2 is 1.95 bits per heavy atom. The second-order valence-corrected chi connectivity index (χ2v) is 6.72. The smallest absolute Gasteiger partial charge is 0.227 e. The van der Waals surface area contributed by atoms with Crippen molar-refractivity contribution in [1.29, 1.82) is 0 Å². The summed E-state index contributed by atoms with van der Waals surface area (Å²) in [6, 6.07) is 2.08. The van der Waals surface area contributed by atoms with Gasteiger partial charge in [0.15, 0.2) is 0 Å². The molecule has 0 amide bonds. The zero-order valence-electron chi connectivity index (χ0n) is 12.0. The van der Waals surface area contributed by atoms with Gasteiger partial charge >= 0.3 is 0 Å². The third-order valence-corrected chi connectivity index (χ3v) is 5.00. The zero-order chi connectivity index (χ0) is 14.8. The minimum absolute atomic E-state index is 0.0783. The third kappa shape index (κ3) is 2.92. The Kier molecular flexibility index (Phi) is 4.27. The summed E-state index contributed by atoms with van der Waals surface area (Å²) in [5, 5.41) is 4.46. The molecule has 0 saturated carbocycles. The number of rotatable bonds is 6. The Labute approximate surface area is 119 Å². The normalized spacial score (nSPS) is 12.2. The topological polar surface area (TPSA) is 69.8 Å². The molecule has 2 heterocycles. The summed E-state index contributed by atoms with van der Waals surface area (Å²) in [5.74, 6) is -0.120. The molecule has 2 rings (SSSR count). The van der Waals surface area contributed by atoms with Crippen molar-refractivity contribution >= 4 is 9.84 Å². The van der Waals surface area contributed by atoms with Crippen LogP contribution in [0.1, 0.15) is 38.4 Å². The van der Waals surface area contributed by atoms with Gasteiger partial charge < -0.3 is 4.57 Å². The van der Waals surface area contributed by atoms with E-state index in [9.17, 15) is 8.42 Å². The molecule has 0 aliphatic rings. The lowest BCUT2D eigenvalue weighted by Gasteiger charge is -2.12. The van der Waals surface area contributed by atoms with E-state index in [1.807, 2.05) is 10.9 Å². The fraction of sp³-hybridized carbons (Fsp3) is 0.538. The van der Waals surface area contributed by atoms with Crippen LogP contribution < -0.4 is 0 Å². The molecule has 0 spiro atoms. The maximum atomic E-state index is 12.3. The zero-order valence-corrected chi connectivity index (χ0v) is 12.8. The van der Waals surface area contributed by atoms with Crippen molar-refractivity contribution in [1.82, 2.24) is 19.3 Å². The van der Waals surface area contributed by atoms with Crippen LogP contribution in [0, 0.1) is 0 Å². The van der Waals surface area contributed by atoms with E-state index in [0.717, 1.165) is 12.8 Å². The van der Waals surface area contributed by atoms with Gasteiger partial charge in [0.05, 0.1) is 11.7 Å². The molecule has 2 aromatic rings. The van der Waals surface area contributed by atoms with Crippen LogP contribution in [0.25, 0.3) is 0 Å². The van der Waals surface area contributed by atoms with Gasteiger partial charge in [0, 0.05) is 25.6 Å². The predicted octanol–water partition coefficient (Wildman–Crippen LogP) is 1.95. The minimum atomic E-state index is -3.45. The van der Waals surface area contributed by atoms with Crippen LogP contribution in [-0.2, 0) is 22.6 Å². The molecular formula is C13H20N4O2S. The summed E-state index contributed by atoms with van der Waals surface area (Å²) in [5.41, 5.74) is 0.555. The van der Waals surface area contributed by atoms with Crippen LogP contribution in [0.5, 0.6) is 0 Å². The highest BCUT2D eigenvalue weighted by atomic mass is 32.2. The Hall–Kier alpha value is -1.63. The molecular weight excluding hydrogens is 276 g/mol. The first-order chi connectivity index (χ1) is 9.47. The first-order valence-corrected chi connectivity index (χ1v) is 8.37. The minimum Gasteiger partial charge on any atom is -0.325 e. The largest absolute Gasteiger partial charge is 0.325 e. The van der Waals surface area contributed by atoms with Crippen molar-refractivity contribution in [2.45, 2.75) is 43.6 Å². The van der Waals surface area contributed by atoms with Crippen LogP contribution in [-0.4, -0.2) is 27.7 Å². The molecule has 2 aromatic heterocycles. The van der Waals surface area contributed by atoms with E-state index in [2.05, 4.69) is 23.9 Å². The summed E-state index contributed by atoms with van der Waals surface area (Å²) in [4.78, 5) is 3.90. The van der Waals surface area contributed by atoms with Crippen molar-refractivity contribution in [3.05, 3.63) is 30.4 Å². The predicted molar refractivity (Wildman–Crippen MR) is 75.9 cm³/mol. The molecule has 0 aromatic carbocycles. The molecule has 0 aliphatic heterocycles. The van der Waals surface area contributed by atoms with E-state index in [1.54, 1.807) is 19.3 Å². The Morgan fingerprint density at radius 1 is 1.25 bits per heavy atom. The van der Waals surface area contributed by atoms with Crippen LogP contribution in [0.4, 0.5) is 0 Å². The average molecular weight is 296 g/mol. The third-order valence-electron chi connectivity index (χ3n) is 3.37. The fourth-order valence-corrected chi connectivity index (χ4v) is 3.62. The molecule has 6 nitrogen and oxygen atoms in total. The standard InChI is InChI=1S/C13H20N4O2S/c1-4-12(5-2)17-8-6-11(15-17)10-20(18,19)13-14-7-9-16(13)3/h6-9,12H,4-5,10H2,1-3H3. The lowest BCUT2D eigenvalue weighted by molar-refractivity contribution is 0.426. The van der Waals surface area contributed by atoms with Gasteiger partial charge in [-0.05, 0) is 18.9 Å². The van der Waals surface area contributed by atoms with Crippen molar-refractivity contribution < 1.29 is 8.42 Å². The number of sulfone groups is 1. The van der Waals surface area contributed by atoms with E-state index in [4.69, 9.17) is 0 Å². The Balaban J connectivity index is 2.21. The number of hydrogen-bond acceptors (Lipinski definition) is 4. The van der Waals surface area contributed by atoms with Crippen molar-refractivity contribution in [2.75, 3.05) is 0 Å². The van der Waals surface area contributed by atoms with Gasteiger partial charge in [0.2, 0.25) is 15.0 Å². The second-order valence-electron chi connectivity index (χ2n) is 4.84. The number of aromatic nitrogens is 4. The Morgan fingerprint density at radius 3 is 2.50 bits per heavy atom. The second kappa shape index (κ2) is 5.78. The summed E-state index contributed by atoms with van der Waals surface area (Å²) in [6.07, 6.45) is 6.90. The number of imidazole rings is 1. The van der Waals surface area contributed by atoms with Gasteiger partial charge in [-0.1, -0.05) is 13.8 Å². The van der Waals surface area contributed by atoms with Gasteiger partial charge in [-0.2, -0.15) is 5.10 Å². The lowest BCUT2D eigenvalue weighted by atomic mass is 10.2. The van der Waals surface area contributed by atoms with E-state index >= 15 is 0 Å². The summed E-state index contributed by atoms with van der Waals surface area (Å²) in [7, 11) is -1.78. The lowest BCUT2D eigenvalue weighted by Crippen LogP contribution is -2.12. The van der Waals surface area contributed by atoms with Crippen molar-refractivity contribution in [3.8, 4) is 0 Å². The van der Waals surface area contributed by atoms with Gasteiger partial charge in [0.1, 0.15) is 5.75 Å². The highest BCUT2D eigenvalue weighted by molar-refractivity contribution is 7.90. The first kappa shape index (κ1) is 14.8. The van der Waals surface area contributed by atoms with Gasteiger partial charge in [-0.15, -0.1) is 0 Å². The maximum Gasteiger partial charge on any atom is 0.227 e. The summed E-state index contributed by atoms with van der Waals surface area (Å²) >= 11 is 0. The highest BCUT2D eigenvalue weighted by Gasteiger charge is 2.21. The molecule has 0 fully saturated rings. The summed E-state index contributed by atoms with van der Waals surface area (Å²) in [6.45, 7) is 4.19. The van der Waals surface area contributed by atoms with Gasteiger partial charge in [-0.3, -0.25) is 4.68 Å². The van der Waals surface area contributed by atoms with E-state index < -0.39 is 9.84 Å². The van der Waals surface area contributed by atoms with Crippen molar-refractivity contribution in [2.24, 2.45) is 7.05 Å². The molecule has 0 atom stereocenters. The number of hydrogen-bond donors (Lipinski definition) is 0. The fourth-order valence-electron chi connectivity index (χ4n) is 2.23. The van der Waals surface area contributed by atoms with Crippen LogP contribution in [0.15, 0.2) is 29.8 Å². The van der Waals surface area contributed by atoms with Gasteiger partial charge in [-0.25, -0.2) is 13.4 Å².